The number of hydrogen-bond acceptors (Lipinski definition) is 1. The van der Waals surface area contributed by atoms with Crippen molar-refractivity contribution in [2.45, 2.75) is 25.3 Å². The molecule has 1 nitrogen and oxygen atoms in total. The van der Waals surface area contributed by atoms with Crippen molar-refractivity contribution in [2.75, 3.05) is 0 Å². The van der Waals surface area contributed by atoms with Crippen LogP contribution >= 0.6 is 0 Å². The zero-order valence-electron chi connectivity index (χ0n) is 4.48. The molecule has 0 amide bonds. The molecule has 1 fully saturated rings. The molecule has 1 N–H and O–H groups in total. The van der Waals surface area contributed by atoms with E-state index in [9.17, 15) is 0 Å². The molecule has 1 rings (SSSR count). The molecule has 1 aliphatic carbocycles. The normalized spacial score (nSPS) is 20.6. The Bertz CT molecular complexity index is 68.9. The second kappa shape index (κ2) is 2.01. The van der Waals surface area contributed by atoms with Gasteiger partial charge in [0.25, 0.3) is 0 Å². The van der Waals surface area contributed by atoms with Crippen LogP contribution in [0.3, 0.4) is 0 Å². The Hall–Kier alpha value is -0.460. The largest absolute Gasteiger partial charge is 0.389 e. The van der Waals surface area contributed by atoms with Crippen LogP contribution in [-0.2, 0) is 0 Å². The first-order valence-electron chi connectivity index (χ1n) is 2.80. The third kappa shape index (κ3) is 0.952. The summed E-state index contributed by atoms with van der Waals surface area (Å²) in [5.74, 6) is 0. The zero-order chi connectivity index (χ0) is 5.11. The molecule has 7 heavy (non-hydrogen) atoms. The lowest BCUT2D eigenvalue weighted by Crippen LogP contribution is -2.30. The Morgan fingerprint density at radius 2 is 2.43 bits per heavy atom. The highest BCUT2D eigenvalue weighted by molar-refractivity contribution is 4.80. The van der Waals surface area contributed by atoms with Crippen LogP contribution in [0.1, 0.15) is 20.7 Å². The van der Waals surface area contributed by atoms with E-state index in [0.29, 0.717) is 0 Å². The Morgan fingerprint density at radius 3 is 2.57 bits per heavy atom. The molecule has 0 aliphatic heterocycles. The average Bonchev–Trinajstić information content (AvgIpc) is 1.55. The van der Waals surface area contributed by atoms with Crippen LogP contribution in [0.2, 0.25) is 0 Å². The second-order valence-corrected chi connectivity index (χ2v) is 2.00. The minimum Gasteiger partial charge on any atom is -0.389 e. The maximum Gasteiger partial charge on any atom is 0.0255 e. The SMILES string of the molecule is C=CNC1CCC1.[HH]. The summed E-state index contributed by atoms with van der Waals surface area (Å²) >= 11 is 0. The van der Waals surface area contributed by atoms with Crippen molar-refractivity contribution in [3.8, 4) is 0 Å². The van der Waals surface area contributed by atoms with E-state index in [4.69, 9.17) is 0 Å². The first kappa shape index (κ1) is 4.69. The summed E-state index contributed by atoms with van der Waals surface area (Å²) in [6.07, 6.45) is 5.85. The first-order valence-corrected chi connectivity index (χ1v) is 2.80. The number of hydrogen-bond donors (Lipinski definition) is 1. The quantitative estimate of drug-likeness (QED) is 0.553. The predicted molar refractivity (Wildman–Crippen MR) is 33.1 cm³/mol. The van der Waals surface area contributed by atoms with Gasteiger partial charge >= 0.3 is 0 Å². The first-order chi connectivity index (χ1) is 3.43. The molecule has 0 atom stereocenters. The molecule has 1 aliphatic rings. The van der Waals surface area contributed by atoms with Crippen LogP contribution in [-0.4, -0.2) is 6.04 Å². The number of rotatable bonds is 2. The molecule has 0 saturated heterocycles. The summed E-state index contributed by atoms with van der Waals surface area (Å²) in [4.78, 5) is 0. The molecule has 0 bridgehead atoms. The molecular weight excluding hydrogens is 86.1 g/mol. The summed E-state index contributed by atoms with van der Waals surface area (Å²) in [5, 5.41) is 3.15. The summed E-state index contributed by atoms with van der Waals surface area (Å²) in [6.45, 7) is 3.57. The zero-order valence-corrected chi connectivity index (χ0v) is 4.48. The van der Waals surface area contributed by atoms with Crippen LogP contribution in [0, 0.1) is 0 Å². The standard InChI is InChI=1S/C6H11N.H2/c1-2-7-6-4-3-5-6;/h2,6-7H,1,3-5H2;1H. The van der Waals surface area contributed by atoms with Crippen LogP contribution in [0.4, 0.5) is 0 Å². The van der Waals surface area contributed by atoms with Crippen molar-refractivity contribution in [1.29, 1.82) is 0 Å². The van der Waals surface area contributed by atoms with Crippen LogP contribution in [0.5, 0.6) is 0 Å². The van der Waals surface area contributed by atoms with Gasteiger partial charge in [-0.15, -0.1) is 0 Å². The Morgan fingerprint density at radius 1 is 1.71 bits per heavy atom. The van der Waals surface area contributed by atoms with E-state index in [1.807, 2.05) is 0 Å². The van der Waals surface area contributed by atoms with E-state index in [1.165, 1.54) is 19.3 Å². The lowest BCUT2D eigenvalue weighted by molar-refractivity contribution is 0.373. The smallest absolute Gasteiger partial charge is 0.0255 e. The molecule has 1 heteroatoms. The van der Waals surface area contributed by atoms with E-state index < -0.39 is 0 Å². The van der Waals surface area contributed by atoms with Gasteiger partial charge < -0.3 is 5.32 Å². The van der Waals surface area contributed by atoms with Crippen molar-refractivity contribution in [1.82, 2.24) is 5.32 Å². The molecule has 0 aromatic rings. The van der Waals surface area contributed by atoms with Gasteiger partial charge in [0.05, 0.1) is 0 Å². The lowest BCUT2D eigenvalue weighted by Gasteiger charge is -2.24. The molecular formula is C6H13N. The van der Waals surface area contributed by atoms with Gasteiger partial charge in [0, 0.05) is 7.47 Å². The van der Waals surface area contributed by atoms with Gasteiger partial charge in [-0.1, -0.05) is 6.58 Å². The maximum atomic E-state index is 3.57. The Balaban J connectivity index is 0.000000490. The summed E-state index contributed by atoms with van der Waals surface area (Å²) < 4.78 is 0. The molecule has 42 valence electrons. The number of nitrogens with one attached hydrogen (secondary N) is 1. The Kier molecular flexibility index (Phi) is 1.35. The minimum atomic E-state index is 0. The Labute approximate surface area is 45.9 Å². The molecule has 0 aromatic heterocycles. The topological polar surface area (TPSA) is 12.0 Å². The fourth-order valence-electron chi connectivity index (χ4n) is 0.742. The minimum absolute atomic E-state index is 0. The highest BCUT2D eigenvalue weighted by Gasteiger charge is 2.13. The van der Waals surface area contributed by atoms with Crippen LogP contribution in [0.25, 0.3) is 0 Å². The van der Waals surface area contributed by atoms with Gasteiger partial charge in [-0.05, 0) is 25.5 Å². The molecule has 0 heterocycles. The van der Waals surface area contributed by atoms with Crippen molar-refractivity contribution < 1.29 is 1.43 Å². The van der Waals surface area contributed by atoms with Gasteiger partial charge in [-0.2, -0.15) is 0 Å². The van der Waals surface area contributed by atoms with E-state index in [1.54, 1.807) is 6.20 Å². The van der Waals surface area contributed by atoms with Crippen molar-refractivity contribution in [3.63, 3.8) is 0 Å². The van der Waals surface area contributed by atoms with Gasteiger partial charge in [0.2, 0.25) is 0 Å². The van der Waals surface area contributed by atoms with Crippen LogP contribution < -0.4 is 5.32 Å². The second-order valence-electron chi connectivity index (χ2n) is 2.00. The van der Waals surface area contributed by atoms with Crippen molar-refractivity contribution >= 4 is 0 Å². The van der Waals surface area contributed by atoms with Crippen LogP contribution in [0.15, 0.2) is 12.8 Å². The third-order valence-electron chi connectivity index (χ3n) is 1.46. The predicted octanol–water partition coefficient (Wildman–Crippen LogP) is 1.52. The van der Waals surface area contributed by atoms with E-state index in [2.05, 4.69) is 11.9 Å². The van der Waals surface area contributed by atoms with E-state index in [0.717, 1.165) is 6.04 Å². The molecule has 0 unspecified atom stereocenters. The van der Waals surface area contributed by atoms with Gasteiger partial charge in [0.1, 0.15) is 0 Å². The molecule has 1 saturated carbocycles. The molecule has 0 aromatic carbocycles. The monoisotopic (exact) mass is 99.1 g/mol. The molecule has 0 radical (unpaired) electrons. The van der Waals surface area contributed by atoms with Crippen molar-refractivity contribution in [2.24, 2.45) is 0 Å². The highest BCUT2D eigenvalue weighted by Crippen LogP contribution is 2.17. The average molecular weight is 99.2 g/mol. The van der Waals surface area contributed by atoms with Gasteiger partial charge in [-0.25, -0.2) is 0 Å². The van der Waals surface area contributed by atoms with Gasteiger partial charge in [0.15, 0.2) is 0 Å². The fraction of sp³-hybridized carbons (Fsp3) is 0.667. The highest BCUT2D eigenvalue weighted by atomic mass is 14.9. The summed E-state index contributed by atoms with van der Waals surface area (Å²) in [7, 11) is 0. The summed E-state index contributed by atoms with van der Waals surface area (Å²) in [6, 6.07) is 0.762. The molecule has 0 spiro atoms. The lowest BCUT2D eigenvalue weighted by atomic mass is 9.93. The maximum absolute atomic E-state index is 3.57. The van der Waals surface area contributed by atoms with E-state index >= 15 is 0 Å². The summed E-state index contributed by atoms with van der Waals surface area (Å²) in [5.41, 5.74) is 0. The van der Waals surface area contributed by atoms with Crippen molar-refractivity contribution in [3.05, 3.63) is 12.8 Å². The van der Waals surface area contributed by atoms with Gasteiger partial charge in [-0.3, -0.25) is 0 Å². The van der Waals surface area contributed by atoms with E-state index in [-0.39, 0.29) is 1.43 Å². The fourth-order valence-corrected chi connectivity index (χ4v) is 0.742. The third-order valence-corrected chi connectivity index (χ3v) is 1.46.